The average Bonchev–Trinajstić information content (AvgIpc) is 3.14. The predicted molar refractivity (Wildman–Crippen MR) is 221 cm³/mol. The van der Waals surface area contributed by atoms with Crippen molar-refractivity contribution in [1.82, 2.24) is 0 Å². The van der Waals surface area contributed by atoms with E-state index >= 15 is 0 Å². The summed E-state index contributed by atoms with van der Waals surface area (Å²) in [6.45, 7) is 16.4. The third-order valence-corrected chi connectivity index (χ3v) is 12.3. The van der Waals surface area contributed by atoms with Crippen molar-refractivity contribution >= 4 is 57.2 Å². The van der Waals surface area contributed by atoms with Gasteiger partial charge in [-0.2, -0.15) is 0 Å². The van der Waals surface area contributed by atoms with E-state index < -0.39 is 0 Å². The van der Waals surface area contributed by atoms with Crippen molar-refractivity contribution in [3.63, 3.8) is 0 Å². The van der Waals surface area contributed by atoms with E-state index in [9.17, 15) is 0 Å². The average molecular weight is 693 g/mol. The van der Waals surface area contributed by atoms with Crippen molar-refractivity contribution < 1.29 is 9.47 Å². The van der Waals surface area contributed by atoms with Crippen molar-refractivity contribution in [3.05, 3.63) is 138 Å². The molecular formula is C48H45BN2O2. The fraction of sp³-hybridized carbons (Fsp3) is 0.250. The van der Waals surface area contributed by atoms with Gasteiger partial charge < -0.3 is 19.3 Å². The molecule has 0 atom stereocenters. The quantitative estimate of drug-likeness (QED) is 0.168. The molecule has 0 saturated carbocycles. The van der Waals surface area contributed by atoms with Crippen molar-refractivity contribution in [1.29, 1.82) is 0 Å². The lowest BCUT2D eigenvalue weighted by Crippen LogP contribution is -2.58. The number of ether oxygens (including phenoxy) is 2. The van der Waals surface area contributed by atoms with Gasteiger partial charge in [-0.1, -0.05) is 115 Å². The van der Waals surface area contributed by atoms with E-state index in [0.29, 0.717) is 0 Å². The Bertz CT molecular complexity index is 2430. The van der Waals surface area contributed by atoms with Crippen LogP contribution in [0.4, 0.5) is 34.1 Å². The Kier molecular flexibility index (Phi) is 6.73. The van der Waals surface area contributed by atoms with E-state index in [1.165, 1.54) is 27.6 Å². The number of nitrogens with zero attached hydrogens (tertiary/aromatic N) is 2. The molecule has 5 heteroatoms. The summed E-state index contributed by atoms with van der Waals surface area (Å²) >= 11 is 0. The molecule has 0 amide bonds. The van der Waals surface area contributed by atoms with E-state index in [2.05, 4.69) is 180 Å². The molecule has 262 valence electrons. The maximum atomic E-state index is 7.34. The van der Waals surface area contributed by atoms with E-state index in [1.54, 1.807) is 0 Å². The van der Waals surface area contributed by atoms with Crippen LogP contribution in [0, 0.1) is 0 Å². The van der Waals surface area contributed by atoms with Crippen molar-refractivity contribution in [2.24, 2.45) is 0 Å². The first-order valence-electron chi connectivity index (χ1n) is 19.1. The first kappa shape index (κ1) is 32.3. The third kappa shape index (κ3) is 4.75. The van der Waals surface area contributed by atoms with Gasteiger partial charge in [-0.05, 0) is 93.6 Å². The largest absolute Gasteiger partial charge is 0.458 e. The maximum Gasteiger partial charge on any atom is 0.260 e. The molecular weight excluding hydrogens is 647 g/mol. The van der Waals surface area contributed by atoms with Crippen LogP contribution in [0.5, 0.6) is 23.0 Å². The minimum absolute atomic E-state index is 0.000532. The van der Waals surface area contributed by atoms with Gasteiger partial charge in [-0.25, -0.2) is 0 Å². The predicted octanol–water partition coefficient (Wildman–Crippen LogP) is 11.3. The van der Waals surface area contributed by atoms with Gasteiger partial charge in [-0.15, -0.1) is 0 Å². The zero-order chi connectivity index (χ0) is 36.4. The van der Waals surface area contributed by atoms with E-state index in [1.807, 2.05) is 0 Å². The second-order valence-electron chi connectivity index (χ2n) is 17.7. The number of rotatable bonds is 2. The molecule has 0 bridgehead atoms. The molecule has 0 saturated heterocycles. The van der Waals surface area contributed by atoms with Gasteiger partial charge in [0.15, 0.2) is 0 Å². The topological polar surface area (TPSA) is 24.9 Å². The second kappa shape index (κ2) is 11.1. The zero-order valence-electron chi connectivity index (χ0n) is 31.7. The molecule has 0 radical (unpaired) electrons. The number of para-hydroxylation sites is 5. The summed E-state index contributed by atoms with van der Waals surface area (Å²) in [5.41, 5.74) is 14.2. The molecule has 0 fully saturated rings. The van der Waals surface area contributed by atoms with Crippen molar-refractivity contribution in [2.45, 2.75) is 77.6 Å². The fourth-order valence-electron chi connectivity index (χ4n) is 9.34. The molecule has 4 aliphatic rings. The van der Waals surface area contributed by atoms with Gasteiger partial charge in [0.1, 0.15) is 23.0 Å². The summed E-state index contributed by atoms with van der Waals surface area (Å²) in [5.74, 6) is 3.67. The monoisotopic (exact) mass is 692 g/mol. The lowest BCUT2D eigenvalue weighted by atomic mass is 9.34. The van der Waals surface area contributed by atoms with Crippen LogP contribution in [0.15, 0.2) is 121 Å². The van der Waals surface area contributed by atoms with Crippen LogP contribution in [-0.2, 0) is 16.2 Å². The third-order valence-electron chi connectivity index (χ3n) is 12.3. The number of hydrogen-bond donors (Lipinski definition) is 0. The Balaban J connectivity index is 1.22. The summed E-state index contributed by atoms with van der Waals surface area (Å²) in [6, 6.07) is 44.1. The summed E-state index contributed by atoms with van der Waals surface area (Å²) in [7, 11) is 0. The first-order chi connectivity index (χ1) is 25.4. The van der Waals surface area contributed by atoms with Crippen LogP contribution >= 0.6 is 0 Å². The molecule has 0 unspecified atom stereocenters. The fourth-order valence-corrected chi connectivity index (χ4v) is 9.34. The minimum atomic E-state index is -0.0267. The molecule has 10 rings (SSSR count). The van der Waals surface area contributed by atoms with Crippen LogP contribution in [0.25, 0.3) is 0 Å². The number of anilines is 6. The Morgan fingerprint density at radius 1 is 0.547 bits per heavy atom. The highest BCUT2D eigenvalue weighted by Crippen LogP contribution is 2.56. The van der Waals surface area contributed by atoms with Gasteiger partial charge in [0, 0.05) is 28.8 Å². The number of hydrogen-bond acceptors (Lipinski definition) is 4. The summed E-state index contributed by atoms with van der Waals surface area (Å²) in [6.07, 6.45) is 2.27. The highest BCUT2D eigenvalue weighted by Gasteiger charge is 2.47. The maximum absolute atomic E-state index is 7.34. The SMILES string of the molecule is CC(C)(C)c1ccc2c(c1)B1c3ccc4c(c3Oc3cc(N5c6ccccc6N(c6ccccc6)c6ccccc65)cc(c31)O2)C(C)(C)CCC4(C)C. The van der Waals surface area contributed by atoms with E-state index in [4.69, 9.17) is 9.47 Å². The van der Waals surface area contributed by atoms with Gasteiger partial charge >= 0.3 is 0 Å². The first-order valence-corrected chi connectivity index (χ1v) is 19.1. The smallest absolute Gasteiger partial charge is 0.260 e. The van der Waals surface area contributed by atoms with Gasteiger partial charge in [0.25, 0.3) is 6.71 Å². The lowest BCUT2D eigenvalue weighted by molar-refractivity contribution is 0.320. The molecule has 1 aliphatic carbocycles. The van der Waals surface area contributed by atoms with Crippen LogP contribution in [0.1, 0.15) is 78.0 Å². The molecule has 0 aromatic heterocycles. The van der Waals surface area contributed by atoms with Crippen LogP contribution < -0.4 is 35.7 Å². The van der Waals surface area contributed by atoms with Crippen LogP contribution in [-0.4, -0.2) is 6.71 Å². The second-order valence-corrected chi connectivity index (χ2v) is 17.7. The van der Waals surface area contributed by atoms with E-state index in [0.717, 1.165) is 75.4 Å². The van der Waals surface area contributed by atoms with Crippen molar-refractivity contribution in [3.8, 4) is 23.0 Å². The molecule has 0 N–H and O–H groups in total. The normalized spacial score (nSPS) is 16.9. The minimum Gasteiger partial charge on any atom is -0.458 e. The van der Waals surface area contributed by atoms with Gasteiger partial charge in [-0.3, -0.25) is 0 Å². The molecule has 4 nitrogen and oxygen atoms in total. The Labute approximate surface area is 314 Å². The lowest BCUT2D eigenvalue weighted by Gasteiger charge is -2.45. The molecule has 53 heavy (non-hydrogen) atoms. The molecule has 0 spiro atoms. The van der Waals surface area contributed by atoms with E-state index in [-0.39, 0.29) is 23.0 Å². The highest BCUT2D eigenvalue weighted by atomic mass is 16.5. The Morgan fingerprint density at radius 3 is 1.74 bits per heavy atom. The molecule has 3 aliphatic heterocycles. The summed E-state index contributed by atoms with van der Waals surface area (Å²) in [4.78, 5) is 4.74. The zero-order valence-corrected chi connectivity index (χ0v) is 31.7. The highest BCUT2D eigenvalue weighted by molar-refractivity contribution is 6.98. The van der Waals surface area contributed by atoms with Gasteiger partial charge in [0.2, 0.25) is 0 Å². The summed E-state index contributed by atoms with van der Waals surface area (Å²) in [5, 5.41) is 0. The number of benzene rings is 6. The molecule has 6 aromatic carbocycles. The molecule has 6 aromatic rings. The number of fused-ring (bicyclic) bond motifs is 8. The Hall–Kier alpha value is -5.42. The molecule has 3 heterocycles. The van der Waals surface area contributed by atoms with Crippen LogP contribution in [0.3, 0.4) is 0 Å². The van der Waals surface area contributed by atoms with Crippen LogP contribution in [0.2, 0.25) is 0 Å². The van der Waals surface area contributed by atoms with Gasteiger partial charge in [0.05, 0.1) is 28.4 Å². The van der Waals surface area contributed by atoms with Crippen molar-refractivity contribution in [2.75, 3.05) is 9.80 Å². The Morgan fingerprint density at radius 2 is 1.11 bits per heavy atom. The standard InChI is InChI=1S/C48H45BN2O2/c1-46(2,3)30-21-24-40-35(27-30)49-34-23-22-33-43(48(6,7)26-25-47(33,4)5)45(34)53-42-29-32(28-41(52-40)44(42)49)51-38-19-13-11-17-36(38)50(31-15-9-8-10-16-31)37-18-12-14-20-39(37)51/h8-24,27-29H,25-26H2,1-7H3. The summed E-state index contributed by atoms with van der Waals surface area (Å²) < 4.78 is 14.3.